The smallest absolute Gasteiger partial charge is 0.242 e. The van der Waals surface area contributed by atoms with Crippen molar-refractivity contribution in [1.82, 2.24) is 9.71 Å². The Balaban J connectivity index is 1.86. The van der Waals surface area contributed by atoms with Crippen LogP contribution in [0, 0.1) is 0 Å². The van der Waals surface area contributed by atoms with E-state index in [-0.39, 0.29) is 23.0 Å². The molecular weight excluding hydrogens is 370 g/mol. The Hall–Kier alpha value is -2.55. The van der Waals surface area contributed by atoms with E-state index in [1.165, 1.54) is 24.3 Å². The van der Waals surface area contributed by atoms with Gasteiger partial charge in [-0.15, -0.1) is 11.3 Å². The molecule has 0 spiro atoms. The first-order chi connectivity index (χ1) is 12.5. The zero-order chi connectivity index (χ0) is 18.6. The van der Waals surface area contributed by atoms with Crippen molar-refractivity contribution >= 4 is 33.0 Å². The van der Waals surface area contributed by atoms with Crippen LogP contribution in [0.1, 0.15) is 12.5 Å². The van der Waals surface area contributed by atoms with Gasteiger partial charge in [-0.05, 0) is 17.7 Å². The Labute approximate surface area is 156 Å². The van der Waals surface area contributed by atoms with Gasteiger partial charge in [0, 0.05) is 30.6 Å². The van der Waals surface area contributed by atoms with Crippen molar-refractivity contribution in [1.29, 1.82) is 0 Å². The van der Waals surface area contributed by atoms with Crippen molar-refractivity contribution in [3.05, 3.63) is 65.7 Å². The molecule has 1 heterocycles. The highest BCUT2D eigenvalue weighted by Crippen LogP contribution is 2.26. The summed E-state index contributed by atoms with van der Waals surface area (Å²) < 4.78 is 28.1. The van der Waals surface area contributed by atoms with Crippen molar-refractivity contribution in [2.24, 2.45) is 0 Å². The highest BCUT2D eigenvalue weighted by molar-refractivity contribution is 7.89. The number of carbonyl (C=O) groups excluding carboxylic acids is 1. The van der Waals surface area contributed by atoms with Gasteiger partial charge in [-0.2, -0.15) is 0 Å². The van der Waals surface area contributed by atoms with E-state index in [4.69, 9.17) is 0 Å². The molecule has 0 radical (unpaired) electrons. The van der Waals surface area contributed by atoms with Crippen LogP contribution in [0.2, 0.25) is 0 Å². The Morgan fingerprint density at radius 3 is 2.58 bits per heavy atom. The van der Waals surface area contributed by atoms with Crippen LogP contribution in [0.15, 0.2) is 65.0 Å². The highest BCUT2D eigenvalue weighted by Gasteiger charge is 2.19. The SMILES string of the molecule is CC(=O)Nc1ccccc1S(=O)(=O)NCc1ccccc1-c1nccs1. The standard InChI is InChI=1S/C18H17N3O3S2/c1-13(22)21-16-8-4-5-9-17(16)26(23,24)20-12-14-6-2-3-7-15(14)18-19-10-11-25-18/h2-11,20H,12H2,1H3,(H,21,22). The first kappa shape index (κ1) is 18.2. The summed E-state index contributed by atoms with van der Waals surface area (Å²) in [6.07, 6.45) is 1.71. The van der Waals surface area contributed by atoms with Gasteiger partial charge in [0.05, 0.1) is 5.69 Å². The largest absolute Gasteiger partial charge is 0.325 e. The van der Waals surface area contributed by atoms with E-state index >= 15 is 0 Å². The van der Waals surface area contributed by atoms with E-state index in [0.29, 0.717) is 0 Å². The molecule has 2 aromatic carbocycles. The summed E-state index contributed by atoms with van der Waals surface area (Å²) >= 11 is 1.49. The fraction of sp³-hybridized carbons (Fsp3) is 0.111. The molecule has 0 saturated heterocycles. The molecule has 0 fully saturated rings. The number of nitrogens with one attached hydrogen (secondary N) is 2. The van der Waals surface area contributed by atoms with Crippen molar-refractivity contribution < 1.29 is 13.2 Å². The van der Waals surface area contributed by atoms with Gasteiger partial charge >= 0.3 is 0 Å². The first-order valence-electron chi connectivity index (χ1n) is 7.81. The quantitative estimate of drug-likeness (QED) is 0.680. The summed E-state index contributed by atoms with van der Waals surface area (Å²) in [5, 5.41) is 5.25. The third kappa shape index (κ3) is 4.16. The molecule has 0 aliphatic heterocycles. The third-order valence-corrected chi connectivity index (χ3v) is 5.89. The summed E-state index contributed by atoms with van der Waals surface area (Å²) in [4.78, 5) is 15.6. The predicted molar refractivity (Wildman–Crippen MR) is 102 cm³/mol. The second-order valence-corrected chi connectivity index (χ2v) is 8.13. The van der Waals surface area contributed by atoms with Crippen LogP contribution in [-0.2, 0) is 21.4 Å². The van der Waals surface area contributed by atoms with Gasteiger partial charge in [0.25, 0.3) is 0 Å². The van der Waals surface area contributed by atoms with Gasteiger partial charge in [0.1, 0.15) is 9.90 Å². The third-order valence-electron chi connectivity index (χ3n) is 3.62. The zero-order valence-corrected chi connectivity index (χ0v) is 15.6. The van der Waals surface area contributed by atoms with Gasteiger partial charge in [-0.3, -0.25) is 4.79 Å². The van der Waals surface area contributed by atoms with Crippen LogP contribution >= 0.6 is 11.3 Å². The minimum atomic E-state index is -3.80. The van der Waals surface area contributed by atoms with E-state index in [1.807, 2.05) is 29.6 Å². The van der Waals surface area contributed by atoms with Gasteiger partial charge in [0.2, 0.25) is 15.9 Å². The second kappa shape index (κ2) is 7.77. The van der Waals surface area contributed by atoms with Crippen LogP contribution < -0.4 is 10.0 Å². The van der Waals surface area contributed by atoms with Crippen LogP contribution in [0.4, 0.5) is 5.69 Å². The van der Waals surface area contributed by atoms with Gasteiger partial charge in [-0.25, -0.2) is 18.1 Å². The van der Waals surface area contributed by atoms with Gasteiger partial charge < -0.3 is 5.32 Å². The van der Waals surface area contributed by atoms with E-state index in [1.54, 1.807) is 24.4 Å². The number of anilines is 1. The Kier molecular flexibility index (Phi) is 5.46. The molecule has 0 aliphatic carbocycles. The Morgan fingerprint density at radius 2 is 1.85 bits per heavy atom. The van der Waals surface area contributed by atoms with Crippen molar-refractivity contribution in [2.75, 3.05) is 5.32 Å². The number of sulfonamides is 1. The maximum atomic E-state index is 12.7. The number of aromatic nitrogens is 1. The van der Waals surface area contributed by atoms with Crippen LogP contribution in [0.3, 0.4) is 0 Å². The van der Waals surface area contributed by atoms with Crippen molar-refractivity contribution in [3.63, 3.8) is 0 Å². The van der Waals surface area contributed by atoms with E-state index in [2.05, 4.69) is 15.0 Å². The molecule has 0 bridgehead atoms. The molecule has 0 saturated carbocycles. The number of carbonyl (C=O) groups is 1. The number of benzene rings is 2. The normalized spacial score (nSPS) is 11.3. The van der Waals surface area contributed by atoms with Gasteiger partial charge in [0.15, 0.2) is 0 Å². The lowest BCUT2D eigenvalue weighted by Gasteiger charge is -2.13. The molecule has 1 aromatic heterocycles. The minimum absolute atomic E-state index is 0.0296. The maximum absolute atomic E-state index is 12.7. The lowest BCUT2D eigenvalue weighted by molar-refractivity contribution is -0.114. The topological polar surface area (TPSA) is 88.2 Å². The Morgan fingerprint density at radius 1 is 1.12 bits per heavy atom. The summed E-state index contributed by atoms with van der Waals surface area (Å²) in [6.45, 7) is 1.45. The molecule has 3 aromatic rings. The summed E-state index contributed by atoms with van der Waals surface area (Å²) in [5.41, 5.74) is 1.96. The van der Waals surface area contributed by atoms with Gasteiger partial charge in [-0.1, -0.05) is 36.4 Å². The maximum Gasteiger partial charge on any atom is 0.242 e. The van der Waals surface area contributed by atoms with Crippen molar-refractivity contribution in [2.45, 2.75) is 18.4 Å². The van der Waals surface area contributed by atoms with Crippen LogP contribution in [0.25, 0.3) is 10.6 Å². The molecule has 8 heteroatoms. The molecule has 2 N–H and O–H groups in total. The molecule has 134 valence electrons. The molecule has 26 heavy (non-hydrogen) atoms. The first-order valence-corrected chi connectivity index (χ1v) is 10.2. The zero-order valence-electron chi connectivity index (χ0n) is 14.0. The molecule has 0 unspecified atom stereocenters. The lowest BCUT2D eigenvalue weighted by atomic mass is 10.1. The van der Waals surface area contributed by atoms with E-state index in [0.717, 1.165) is 16.1 Å². The van der Waals surface area contributed by atoms with E-state index < -0.39 is 10.0 Å². The van der Waals surface area contributed by atoms with Crippen molar-refractivity contribution in [3.8, 4) is 10.6 Å². The summed E-state index contributed by atoms with van der Waals surface area (Å²) in [6, 6.07) is 13.8. The molecule has 3 rings (SSSR count). The molecule has 0 aliphatic rings. The lowest BCUT2D eigenvalue weighted by Crippen LogP contribution is -2.25. The number of thiazole rings is 1. The van der Waals surface area contributed by atoms with Crippen LogP contribution in [0.5, 0.6) is 0 Å². The highest BCUT2D eigenvalue weighted by atomic mass is 32.2. The number of rotatable bonds is 6. The number of nitrogens with zero attached hydrogens (tertiary/aromatic N) is 1. The number of amides is 1. The predicted octanol–water partition coefficient (Wildman–Crippen LogP) is 3.25. The Bertz CT molecular complexity index is 1020. The summed E-state index contributed by atoms with van der Waals surface area (Å²) in [5.74, 6) is -0.332. The molecule has 1 amide bonds. The van der Waals surface area contributed by atoms with Crippen LogP contribution in [-0.4, -0.2) is 19.3 Å². The number of hydrogen-bond acceptors (Lipinski definition) is 5. The number of para-hydroxylation sites is 1. The molecular formula is C18H17N3O3S2. The monoisotopic (exact) mass is 387 g/mol. The molecule has 6 nitrogen and oxygen atoms in total. The minimum Gasteiger partial charge on any atom is -0.325 e. The average Bonchev–Trinajstić information content (AvgIpc) is 3.14. The fourth-order valence-corrected chi connectivity index (χ4v) is 4.35. The van der Waals surface area contributed by atoms with E-state index in [9.17, 15) is 13.2 Å². The molecule has 0 atom stereocenters. The average molecular weight is 387 g/mol. The second-order valence-electron chi connectivity index (χ2n) is 5.50. The summed E-state index contributed by atoms with van der Waals surface area (Å²) in [7, 11) is -3.80. The number of hydrogen-bond donors (Lipinski definition) is 2. The fourth-order valence-electron chi connectivity index (χ4n) is 2.48.